The minimum absolute atomic E-state index is 0.250. The molecule has 0 fully saturated rings. The lowest BCUT2D eigenvalue weighted by Gasteiger charge is -2.11. The third-order valence-corrected chi connectivity index (χ3v) is 4.14. The molecule has 0 saturated carbocycles. The van der Waals surface area contributed by atoms with Crippen LogP contribution in [0.15, 0.2) is 48.7 Å². The van der Waals surface area contributed by atoms with Gasteiger partial charge in [0.25, 0.3) is 0 Å². The number of rotatable bonds is 4. The average molecular weight is 363 g/mol. The Kier molecular flexibility index (Phi) is 4.71. The zero-order valence-corrected chi connectivity index (χ0v) is 14.2. The van der Waals surface area contributed by atoms with E-state index in [2.05, 4.69) is 10.3 Å². The molecular weight excluding hydrogens is 346 g/mol. The van der Waals surface area contributed by atoms with Gasteiger partial charge in [0.1, 0.15) is 11.6 Å². The molecule has 0 radical (unpaired) electrons. The molecule has 136 valence electrons. The van der Waals surface area contributed by atoms with E-state index < -0.39 is 11.9 Å². The highest BCUT2D eigenvalue weighted by Crippen LogP contribution is 2.29. The van der Waals surface area contributed by atoms with Crippen molar-refractivity contribution in [3.8, 4) is 5.69 Å². The summed E-state index contributed by atoms with van der Waals surface area (Å²) in [5, 5.41) is 3.12. The normalized spacial score (nSPS) is 11.6. The van der Waals surface area contributed by atoms with Crippen molar-refractivity contribution < 1.29 is 17.6 Å². The molecule has 7 heteroatoms. The standard InChI is InChI=1S/C19H17F4N3/c1-12-4-3-5-17(20)16(12)10-24-14-6-8-15(9-7-14)26-11-18(19(21,22)23)25-13(26)2/h3-9,11,24H,10H2,1-2H3. The molecule has 0 atom stereocenters. The van der Waals surface area contributed by atoms with E-state index in [1.165, 1.54) is 17.6 Å². The highest BCUT2D eigenvalue weighted by molar-refractivity contribution is 5.50. The molecule has 1 aromatic heterocycles. The van der Waals surface area contributed by atoms with Gasteiger partial charge >= 0.3 is 6.18 Å². The summed E-state index contributed by atoms with van der Waals surface area (Å²) in [7, 11) is 0. The minimum atomic E-state index is -4.48. The van der Waals surface area contributed by atoms with Crippen LogP contribution in [-0.4, -0.2) is 9.55 Å². The topological polar surface area (TPSA) is 29.9 Å². The number of anilines is 1. The molecule has 0 bridgehead atoms. The predicted octanol–water partition coefficient (Wildman–Crippen LogP) is 5.26. The second kappa shape index (κ2) is 6.82. The zero-order valence-electron chi connectivity index (χ0n) is 14.2. The van der Waals surface area contributed by atoms with Crippen molar-refractivity contribution in [3.63, 3.8) is 0 Å². The molecule has 26 heavy (non-hydrogen) atoms. The van der Waals surface area contributed by atoms with E-state index in [1.54, 1.807) is 30.3 Å². The van der Waals surface area contributed by atoms with Gasteiger partial charge in [0, 0.05) is 29.7 Å². The van der Waals surface area contributed by atoms with Crippen LogP contribution in [-0.2, 0) is 12.7 Å². The van der Waals surface area contributed by atoms with Crippen LogP contribution in [0, 0.1) is 19.7 Å². The predicted molar refractivity (Wildman–Crippen MR) is 91.8 cm³/mol. The monoisotopic (exact) mass is 363 g/mol. The van der Waals surface area contributed by atoms with Crippen LogP contribution in [0.2, 0.25) is 0 Å². The number of hydrogen-bond donors (Lipinski definition) is 1. The van der Waals surface area contributed by atoms with E-state index in [0.717, 1.165) is 17.4 Å². The van der Waals surface area contributed by atoms with E-state index in [0.29, 0.717) is 17.8 Å². The van der Waals surface area contributed by atoms with E-state index in [4.69, 9.17) is 0 Å². The largest absolute Gasteiger partial charge is 0.434 e. The molecule has 1 N–H and O–H groups in total. The maximum Gasteiger partial charge on any atom is 0.434 e. The van der Waals surface area contributed by atoms with Gasteiger partial charge in [-0.1, -0.05) is 12.1 Å². The fourth-order valence-electron chi connectivity index (χ4n) is 2.69. The highest BCUT2D eigenvalue weighted by atomic mass is 19.4. The number of aromatic nitrogens is 2. The van der Waals surface area contributed by atoms with Crippen molar-refractivity contribution in [2.45, 2.75) is 26.6 Å². The Hall–Kier alpha value is -2.83. The number of imidazole rings is 1. The van der Waals surface area contributed by atoms with Crippen LogP contribution in [0.4, 0.5) is 23.2 Å². The van der Waals surface area contributed by atoms with Gasteiger partial charge in [0.05, 0.1) is 0 Å². The first-order valence-corrected chi connectivity index (χ1v) is 7.97. The number of aryl methyl sites for hydroxylation is 2. The van der Waals surface area contributed by atoms with Gasteiger partial charge < -0.3 is 9.88 Å². The Morgan fingerprint density at radius 1 is 1.04 bits per heavy atom. The van der Waals surface area contributed by atoms with Gasteiger partial charge in [-0.25, -0.2) is 9.37 Å². The molecule has 0 aliphatic rings. The summed E-state index contributed by atoms with van der Waals surface area (Å²) >= 11 is 0. The second-order valence-corrected chi connectivity index (χ2v) is 5.98. The summed E-state index contributed by atoms with van der Waals surface area (Å²) < 4.78 is 53.5. The van der Waals surface area contributed by atoms with Gasteiger partial charge in [-0.2, -0.15) is 13.2 Å². The molecule has 3 aromatic rings. The highest BCUT2D eigenvalue weighted by Gasteiger charge is 2.34. The number of nitrogens with zero attached hydrogens (tertiary/aromatic N) is 2. The summed E-state index contributed by atoms with van der Waals surface area (Å²) in [4.78, 5) is 3.56. The van der Waals surface area contributed by atoms with Crippen LogP contribution in [0.1, 0.15) is 22.6 Å². The first-order chi connectivity index (χ1) is 12.3. The van der Waals surface area contributed by atoms with Crippen molar-refractivity contribution in [3.05, 3.63) is 77.1 Å². The lowest BCUT2D eigenvalue weighted by molar-refractivity contribution is -0.141. The lowest BCUT2D eigenvalue weighted by Crippen LogP contribution is -2.05. The van der Waals surface area contributed by atoms with E-state index in [-0.39, 0.29) is 11.6 Å². The molecule has 0 unspecified atom stereocenters. The Morgan fingerprint density at radius 2 is 1.73 bits per heavy atom. The molecular formula is C19H17F4N3. The zero-order chi connectivity index (χ0) is 18.9. The first-order valence-electron chi connectivity index (χ1n) is 7.97. The third-order valence-electron chi connectivity index (χ3n) is 4.14. The number of nitrogens with one attached hydrogen (secondary N) is 1. The summed E-state index contributed by atoms with van der Waals surface area (Å²) in [5.74, 6) is -0.0251. The maximum absolute atomic E-state index is 13.8. The summed E-state index contributed by atoms with van der Waals surface area (Å²) in [6.45, 7) is 3.67. The molecule has 0 aliphatic carbocycles. The molecule has 2 aromatic carbocycles. The number of benzene rings is 2. The first kappa shape index (κ1) is 18.0. The SMILES string of the molecule is Cc1cccc(F)c1CNc1ccc(-n2cc(C(F)(F)F)nc2C)cc1. The Labute approximate surface area is 148 Å². The van der Waals surface area contributed by atoms with Crippen molar-refractivity contribution in [2.75, 3.05) is 5.32 Å². The van der Waals surface area contributed by atoms with E-state index in [9.17, 15) is 17.6 Å². The van der Waals surface area contributed by atoms with Crippen LogP contribution >= 0.6 is 0 Å². The van der Waals surface area contributed by atoms with Crippen molar-refractivity contribution in [1.82, 2.24) is 9.55 Å². The molecule has 0 amide bonds. The minimum Gasteiger partial charge on any atom is -0.381 e. The van der Waals surface area contributed by atoms with Gasteiger partial charge in [-0.3, -0.25) is 0 Å². The van der Waals surface area contributed by atoms with Crippen LogP contribution in [0.25, 0.3) is 5.69 Å². The van der Waals surface area contributed by atoms with Gasteiger partial charge in [0.15, 0.2) is 5.69 Å². The Bertz CT molecular complexity index is 891. The van der Waals surface area contributed by atoms with Crippen LogP contribution < -0.4 is 5.32 Å². The molecule has 0 saturated heterocycles. The summed E-state index contributed by atoms with van der Waals surface area (Å²) in [6, 6.07) is 11.7. The lowest BCUT2D eigenvalue weighted by atomic mass is 10.1. The van der Waals surface area contributed by atoms with Gasteiger partial charge in [-0.05, 0) is 49.7 Å². The van der Waals surface area contributed by atoms with E-state index in [1.807, 2.05) is 13.0 Å². The Balaban J connectivity index is 1.76. The molecule has 3 rings (SSSR count). The number of hydrogen-bond acceptors (Lipinski definition) is 2. The summed E-state index contributed by atoms with van der Waals surface area (Å²) in [5.41, 5.74) is 1.82. The van der Waals surface area contributed by atoms with Crippen molar-refractivity contribution >= 4 is 5.69 Å². The average Bonchev–Trinajstić information content (AvgIpc) is 2.97. The molecule has 1 heterocycles. The summed E-state index contributed by atoms with van der Waals surface area (Å²) in [6.07, 6.45) is -3.50. The van der Waals surface area contributed by atoms with Crippen LogP contribution in [0.3, 0.4) is 0 Å². The van der Waals surface area contributed by atoms with Crippen molar-refractivity contribution in [2.24, 2.45) is 0 Å². The fourth-order valence-corrected chi connectivity index (χ4v) is 2.69. The molecule has 3 nitrogen and oxygen atoms in total. The Morgan fingerprint density at radius 3 is 2.31 bits per heavy atom. The molecule has 0 aliphatic heterocycles. The molecule has 0 spiro atoms. The quantitative estimate of drug-likeness (QED) is 0.641. The number of halogens is 4. The fraction of sp³-hybridized carbons (Fsp3) is 0.211. The second-order valence-electron chi connectivity index (χ2n) is 5.98. The van der Waals surface area contributed by atoms with Gasteiger partial charge in [-0.15, -0.1) is 0 Å². The number of alkyl halides is 3. The van der Waals surface area contributed by atoms with Crippen LogP contribution in [0.5, 0.6) is 0 Å². The smallest absolute Gasteiger partial charge is 0.381 e. The third kappa shape index (κ3) is 3.71. The van der Waals surface area contributed by atoms with E-state index >= 15 is 0 Å². The van der Waals surface area contributed by atoms with Gasteiger partial charge in [0.2, 0.25) is 0 Å². The maximum atomic E-state index is 13.8. The van der Waals surface area contributed by atoms with Crippen molar-refractivity contribution in [1.29, 1.82) is 0 Å².